The Morgan fingerprint density at radius 3 is 2.35 bits per heavy atom. The summed E-state index contributed by atoms with van der Waals surface area (Å²) in [7, 11) is 0. The molecule has 0 aliphatic carbocycles. The van der Waals surface area contributed by atoms with Crippen LogP contribution < -0.4 is 4.74 Å². The van der Waals surface area contributed by atoms with Gasteiger partial charge in [-0.05, 0) is 24.3 Å². The molecule has 4 rings (SSSR count). The Bertz CT molecular complexity index is 1190. The first-order chi connectivity index (χ1) is 16.1. The number of phenols is 3. The molecule has 11 heteroatoms. The van der Waals surface area contributed by atoms with Crippen molar-refractivity contribution in [1.29, 1.82) is 0 Å². The van der Waals surface area contributed by atoms with Gasteiger partial charge in [0.25, 0.3) is 0 Å². The molecule has 0 amide bonds. The van der Waals surface area contributed by atoms with Crippen LogP contribution >= 0.6 is 0 Å². The normalized spacial score (nSPS) is 24.6. The van der Waals surface area contributed by atoms with Gasteiger partial charge in [0.2, 0.25) is 12.0 Å². The maximum atomic E-state index is 11.1. The Morgan fingerprint density at radius 2 is 1.68 bits per heavy atom. The summed E-state index contributed by atoms with van der Waals surface area (Å²) >= 11 is 0. The van der Waals surface area contributed by atoms with E-state index in [-0.39, 0.29) is 39.7 Å². The fraction of sp³-hybridized carbons (Fsp3) is 0.304. The molecule has 1 aromatic heterocycles. The third-order valence-corrected chi connectivity index (χ3v) is 5.31. The van der Waals surface area contributed by atoms with E-state index in [0.717, 1.165) is 6.07 Å². The minimum atomic E-state index is -1.69. The van der Waals surface area contributed by atoms with E-state index in [9.17, 15) is 35.4 Å². The Kier molecular flexibility index (Phi) is 6.44. The number of carbonyl (C=O) groups excluding carboxylic acids is 1. The van der Waals surface area contributed by atoms with Crippen molar-refractivity contribution in [3.63, 3.8) is 0 Å². The number of carbonyl (C=O) groups is 1. The van der Waals surface area contributed by atoms with E-state index in [0.29, 0.717) is 5.56 Å². The van der Waals surface area contributed by atoms with Crippen LogP contribution in [-0.4, -0.2) is 73.9 Å². The molecular formula is C23H23O11+. The van der Waals surface area contributed by atoms with E-state index in [1.165, 1.54) is 43.3 Å². The van der Waals surface area contributed by atoms with Gasteiger partial charge in [0.1, 0.15) is 53.7 Å². The molecule has 3 unspecified atom stereocenters. The van der Waals surface area contributed by atoms with Crippen molar-refractivity contribution in [3.05, 3.63) is 42.5 Å². The lowest BCUT2D eigenvalue weighted by atomic mass is 9.99. The number of esters is 1. The summed E-state index contributed by atoms with van der Waals surface area (Å²) in [5.74, 6) is -1.12. The fourth-order valence-electron chi connectivity index (χ4n) is 3.56. The molecule has 2 heterocycles. The van der Waals surface area contributed by atoms with Crippen molar-refractivity contribution in [2.75, 3.05) is 6.61 Å². The Hall–Kier alpha value is -3.64. The third kappa shape index (κ3) is 4.68. The standard InChI is InChI=1S/C23H22O11/c1-10(24)31-9-18-19(28)20(29)21(30)23(34-18)33-17-8-14-15(27)6-13(26)7-16(14)32-22(17)11-2-4-12(25)5-3-11/h2-8,18-21,23,28-30H,9H2,1H3,(H2-,25,26,27)/p+1/t18?,19-,20?,21?,23-/m1/s1. The van der Waals surface area contributed by atoms with E-state index in [4.69, 9.17) is 18.6 Å². The van der Waals surface area contributed by atoms with Crippen molar-refractivity contribution in [1.82, 2.24) is 0 Å². The molecule has 1 saturated heterocycles. The SMILES string of the molecule is CC(=O)OCC1O[C@@H](Oc2cc3c(O)cc(O)cc3[o+]c2-c2ccc(O)cc2)C(O)C(O)[C@@H]1O. The highest BCUT2D eigenvalue weighted by Gasteiger charge is 2.46. The van der Waals surface area contributed by atoms with E-state index >= 15 is 0 Å². The number of aliphatic hydroxyl groups is 3. The lowest BCUT2D eigenvalue weighted by molar-refractivity contribution is -0.278. The number of benzene rings is 2. The second-order valence-corrected chi connectivity index (χ2v) is 7.80. The lowest BCUT2D eigenvalue weighted by Gasteiger charge is -2.39. The highest BCUT2D eigenvalue weighted by molar-refractivity contribution is 5.88. The van der Waals surface area contributed by atoms with Crippen LogP contribution in [0.15, 0.2) is 46.9 Å². The quantitative estimate of drug-likeness (QED) is 0.231. The van der Waals surface area contributed by atoms with Crippen LogP contribution in [0.4, 0.5) is 0 Å². The molecule has 180 valence electrons. The maximum absolute atomic E-state index is 11.1. The Morgan fingerprint density at radius 1 is 0.971 bits per heavy atom. The van der Waals surface area contributed by atoms with Crippen LogP contribution in [-0.2, 0) is 14.3 Å². The third-order valence-electron chi connectivity index (χ3n) is 5.31. The van der Waals surface area contributed by atoms with Crippen LogP contribution in [0.3, 0.4) is 0 Å². The van der Waals surface area contributed by atoms with Crippen molar-refractivity contribution < 1.29 is 54.1 Å². The zero-order valence-electron chi connectivity index (χ0n) is 17.9. The molecule has 0 radical (unpaired) electrons. The van der Waals surface area contributed by atoms with E-state index in [1.54, 1.807) is 0 Å². The highest BCUT2D eigenvalue weighted by atomic mass is 16.7. The molecule has 3 aromatic rings. The predicted molar refractivity (Wildman–Crippen MR) is 115 cm³/mol. The van der Waals surface area contributed by atoms with E-state index in [2.05, 4.69) is 0 Å². The van der Waals surface area contributed by atoms with Crippen LogP contribution in [0, 0.1) is 0 Å². The summed E-state index contributed by atoms with van der Waals surface area (Å²) < 4.78 is 22.1. The zero-order valence-corrected chi connectivity index (χ0v) is 17.9. The topological polar surface area (TPSA) is 177 Å². The average Bonchev–Trinajstić information content (AvgIpc) is 2.79. The molecule has 11 nitrogen and oxygen atoms in total. The van der Waals surface area contributed by atoms with Gasteiger partial charge in [0.05, 0.1) is 11.6 Å². The average molecular weight is 475 g/mol. The van der Waals surface area contributed by atoms with E-state index in [1.807, 2.05) is 0 Å². The molecule has 6 N–H and O–H groups in total. The number of fused-ring (bicyclic) bond motifs is 1. The zero-order chi connectivity index (χ0) is 24.6. The van der Waals surface area contributed by atoms with Gasteiger partial charge in [0, 0.05) is 19.1 Å². The molecular weight excluding hydrogens is 452 g/mol. The minimum Gasteiger partial charge on any atom is -0.508 e. The number of aromatic hydroxyl groups is 3. The van der Waals surface area contributed by atoms with Gasteiger partial charge in [0.15, 0.2) is 0 Å². The summed E-state index contributed by atoms with van der Waals surface area (Å²) in [5.41, 5.74) is 0.543. The predicted octanol–water partition coefficient (Wildman–Crippen LogP) is 1.25. The van der Waals surface area contributed by atoms with Crippen LogP contribution in [0.1, 0.15) is 6.92 Å². The maximum Gasteiger partial charge on any atom is 0.402 e. The number of hydrogen-bond acceptors (Lipinski definition) is 10. The van der Waals surface area contributed by atoms with Gasteiger partial charge in [-0.3, -0.25) is 4.79 Å². The summed E-state index contributed by atoms with van der Waals surface area (Å²) in [6, 6.07) is 9.61. The van der Waals surface area contributed by atoms with Crippen LogP contribution in [0.5, 0.6) is 23.0 Å². The number of aliphatic hydroxyl groups excluding tert-OH is 3. The highest BCUT2D eigenvalue weighted by Crippen LogP contribution is 2.40. The Labute approximate surface area is 192 Å². The first kappa shape index (κ1) is 23.5. The molecule has 2 aromatic carbocycles. The largest absolute Gasteiger partial charge is 0.508 e. The molecule has 1 aliphatic heterocycles. The summed E-state index contributed by atoms with van der Waals surface area (Å²) in [5, 5.41) is 60.8. The van der Waals surface area contributed by atoms with Crippen molar-refractivity contribution in [2.24, 2.45) is 0 Å². The molecule has 1 fully saturated rings. The number of ether oxygens (including phenoxy) is 3. The van der Waals surface area contributed by atoms with Crippen LogP contribution in [0.25, 0.3) is 22.3 Å². The number of rotatable bonds is 5. The molecule has 0 spiro atoms. The molecule has 0 saturated carbocycles. The van der Waals surface area contributed by atoms with Gasteiger partial charge in [-0.15, -0.1) is 0 Å². The van der Waals surface area contributed by atoms with Crippen molar-refractivity contribution in [3.8, 4) is 34.3 Å². The summed E-state index contributed by atoms with van der Waals surface area (Å²) in [6.45, 7) is 0.770. The first-order valence-electron chi connectivity index (χ1n) is 10.3. The second-order valence-electron chi connectivity index (χ2n) is 7.80. The van der Waals surface area contributed by atoms with Crippen molar-refractivity contribution in [2.45, 2.75) is 37.6 Å². The van der Waals surface area contributed by atoms with Gasteiger partial charge < -0.3 is 44.8 Å². The first-order valence-corrected chi connectivity index (χ1v) is 10.3. The van der Waals surface area contributed by atoms with Gasteiger partial charge in [-0.1, -0.05) is 0 Å². The van der Waals surface area contributed by atoms with Gasteiger partial charge >= 0.3 is 17.3 Å². The second kappa shape index (κ2) is 9.31. The monoisotopic (exact) mass is 475 g/mol. The summed E-state index contributed by atoms with van der Waals surface area (Å²) in [6.07, 6.45) is -7.66. The molecule has 5 atom stereocenters. The molecule has 34 heavy (non-hydrogen) atoms. The van der Waals surface area contributed by atoms with Gasteiger partial charge in [-0.2, -0.15) is 0 Å². The number of hydrogen-bond donors (Lipinski definition) is 6. The minimum absolute atomic E-state index is 0.00115. The van der Waals surface area contributed by atoms with E-state index < -0.39 is 43.3 Å². The van der Waals surface area contributed by atoms with Gasteiger partial charge in [-0.25, -0.2) is 4.42 Å². The lowest BCUT2D eigenvalue weighted by Crippen LogP contribution is -2.60. The smallest absolute Gasteiger partial charge is 0.402 e. The number of phenolic OH excluding ortho intramolecular Hbond substituents is 3. The van der Waals surface area contributed by atoms with Crippen LogP contribution in [0.2, 0.25) is 0 Å². The van der Waals surface area contributed by atoms with Crippen molar-refractivity contribution >= 4 is 16.9 Å². The molecule has 1 aliphatic rings. The summed E-state index contributed by atoms with van der Waals surface area (Å²) in [4.78, 5) is 11.1. The Balaban J connectivity index is 1.75. The molecule has 0 bridgehead atoms. The fourth-order valence-corrected chi connectivity index (χ4v) is 3.56.